The van der Waals surface area contributed by atoms with Crippen LogP contribution in [0.3, 0.4) is 0 Å². The lowest BCUT2D eigenvalue weighted by atomic mass is 9.97. The Morgan fingerprint density at radius 2 is 1.82 bits per heavy atom. The molecule has 0 heterocycles. The average molecular weight is 451 g/mol. The van der Waals surface area contributed by atoms with Crippen LogP contribution >= 0.6 is 0 Å². The molecule has 0 atom stereocenters. The largest absolute Gasteiger partial charge is 0.501 e. The van der Waals surface area contributed by atoms with Gasteiger partial charge in [-0.05, 0) is 36.1 Å². The van der Waals surface area contributed by atoms with Crippen molar-refractivity contribution in [2.45, 2.75) is 26.9 Å². The molecule has 2 rings (SSSR count). The molecule has 0 aromatic heterocycles. The maximum Gasteiger partial charge on any atom is 0.218 e. The van der Waals surface area contributed by atoms with Crippen LogP contribution in [-0.4, -0.2) is 33.2 Å². The minimum absolute atomic E-state index is 0.253. The van der Waals surface area contributed by atoms with Crippen LogP contribution in [0.15, 0.2) is 84.0 Å². The third kappa shape index (κ3) is 7.84. The third-order valence-corrected chi connectivity index (χ3v) is 5.33. The summed E-state index contributed by atoms with van der Waals surface area (Å²) in [5, 5.41) is 3.18. The van der Waals surface area contributed by atoms with E-state index in [0.29, 0.717) is 37.0 Å². The van der Waals surface area contributed by atoms with Crippen molar-refractivity contribution in [1.29, 1.82) is 0 Å². The van der Waals surface area contributed by atoms with Gasteiger partial charge >= 0.3 is 0 Å². The quantitative estimate of drug-likeness (QED) is 0.265. The van der Waals surface area contributed by atoms with Gasteiger partial charge in [0.25, 0.3) is 0 Å². The van der Waals surface area contributed by atoms with E-state index in [2.05, 4.69) is 43.1 Å². The van der Waals surface area contributed by atoms with E-state index in [9.17, 15) is 4.79 Å². The molecule has 0 unspecified atom stereocenters. The van der Waals surface area contributed by atoms with Crippen molar-refractivity contribution in [2.75, 3.05) is 27.3 Å². The Bertz CT molecular complexity index is 1010. The highest BCUT2D eigenvalue weighted by Crippen LogP contribution is 2.26. The van der Waals surface area contributed by atoms with Crippen molar-refractivity contribution in [3.05, 3.63) is 95.2 Å². The van der Waals surface area contributed by atoms with Gasteiger partial charge in [0, 0.05) is 31.2 Å². The van der Waals surface area contributed by atoms with Gasteiger partial charge in [0.1, 0.15) is 23.9 Å². The molecule has 0 saturated heterocycles. The van der Waals surface area contributed by atoms with E-state index in [1.54, 1.807) is 20.3 Å². The van der Waals surface area contributed by atoms with Gasteiger partial charge in [-0.3, -0.25) is 4.79 Å². The van der Waals surface area contributed by atoms with Gasteiger partial charge in [-0.2, -0.15) is 0 Å². The van der Waals surface area contributed by atoms with Crippen molar-refractivity contribution in [1.82, 2.24) is 5.32 Å². The van der Waals surface area contributed by atoms with Gasteiger partial charge in [0.15, 0.2) is 0 Å². The molecule has 0 fully saturated rings. The molecule has 0 radical (unpaired) electrons. The molecular formula is C27H34N2O4. The van der Waals surface area contributed by atoms with Crippen molar-refractivity contribution in [3.8, 4) is 11.1 Å². The second-order valence-electron chi connectivity index (χ2n) is 7.56. The molecular weight excluding hydrogens is 416 g/mol. The highest BCUT2D eigenvalue weighted by atomic mass is 16.5. The Hall–Kier alpha value is -3.51. The van der Waals surface area contributed by atoms with E-state index in [4.69, 9.17) is 19.9 Å². The van der Waals surface area contributed by atoms with E-state index in [0.717, 1.165) is 11.1 Å². The van der Waals surface area contributed by atoms with Gasteiger partial charge < -0.3 is 25.3 Å². The number of carbonyl (C=O) groups excluding carboxylic acids is 1. The van der Waals surface area contributed by atoms with Crippen LogP contribution in [0.5, 0.6) is 0 Å². The number of methoxy groups -OCH3 is 2. The Morgan fingerprint density at radius 1 is 1.09 bits per heavy atom. The fourth-order valence-corrected chi connectivity index (χ4v) is 3.33. The molecule has 33 heavy (non-hydrogen) atoms. The predicted molar refractivity (Wildman–Crippen MR) is 132 cm³/mol. The van der Waals surface area contributed by atoms with Crippen molar-refractivity contribution >= 4 is 5.91 Å². The maximum atomic E-state index is 11.0. The number of ether oxygens (including phenoxy) is 3. The summed E-state index contributed by atoms with van der Waals surface area (Å²) in [6.45, 7) is 9.27. The van der Waals surface area contributed by atoms with Crippen LogP contribution in [-0.2, 0) is 25.6 Å². The number of hydrogen-bond acceptors (Lipinski definition) is 5. The first-order valence-electron chi connectivity index (χ1n) is 10.8. The molecule has 6 heteroatoms. The van der Waals surface area contributed by atoms with Crippen LogP contribution in [0.1, 0.15) is 24.5 Å². The van der Waals surface area contributed by atoms with Gasteiger partial charge in [0.05, 0.1) is 14.2 Å². The number of benzene rings is 2. The van der Waals surface area contributed by atoms with Crippen molar-refractivity contribution in [2.24, 2.45) is 5.73 Å². The molecule has 0 saturated carbocycles. The number of nitrogens with one attached hydrogen (secondary N) is 1. The first-order valence-corrected chi connectivity index (χ1v) is 10.8. The second-order valence-corrected chi connectivity index (χ2v) is 7.56. The first kappa shape index (κ1) is 25.7. The smallest absolute Gasteiger partial charge is 0.218 e. The molecule has 6 nitrogen and oxygen atoms in total. The summed E-state index contributed by atoms with van der Waals surface area (Å²) in [4.78, 5) is 11.0. The van der Waals surface area contributed by atoms with E-state index in [1.807, 2.05) is 31.2 Å². The summed E-state index contributed by atoms with van der Waals surface area (Å²) in [7, 11) is 3.18. The molecule has 0 spiro atoms. The van der Waals surface area contributed by atoms with Crippen molar-refractivity contribution in [3.63, 3.8) is 0 Å². The van der Waals surface area contributed by atoms with E-state index in [1.165, 1.54) is 16.7 Å². The third-order valence-electron chi connectivity index (χ3n) is 5.33. The highest BCUT2D eigenvalue weighted by Gasteiger charge is 2.13. The molecule has 3 N–H and O–H groups in total. The normalized spacial score (nSPS) is 12.1. The standard InChI is InChI=1S/C27H34N2O4/c1-19(16-26(32-5)25(21(3)31-4)17-29-15-14-27(28)30)33-18-23-12-9-13-24(20(23)2)22-10-7-6-8-11-22/h6-13,16,29H,1,14-15,17-18H2,2-5H3,(H2,28,30)/b25-21+,26-16+. The van der Waals surface area contributed by atoms with Crippen molar-refractivity contribution < 1.29 is 19.0 Å². The zero-order valence-electron chi connectivity index (χ0n) is 19.9. The molecule has 2 aromatic rings. The number of amides is 1. The number of rotatable bonds is 13. The van der Waals surface area contributed by atoms with Crippen LogP contribution in [0, 0.1) is 6.92 Å². The zero-order chi connectivity index (χ0) is 24.2. The second kappa shape index (κ2) is 13.1. The Balaban J connectivity index is 2.11. The molecule has 2 aromatic carbocycles. The van der Waals surface area contributed by atoms with E-state index < -0.39 is 0 Å². The molecule has 0 bridgehead atoms. The first-order chi connectivity index (χ1) is 15.9. The summed E-state index contributed by atoms with van der Waals surface area (Å²) >= 11 is 0. The lowest BCUT2D eigenvalue weighted by Crippen LogP contribution is -2.25. The summed E-state index contributed by atoms with van der Waals surface area (Å²) < 4.78 is 17.0. The topological polar surface area (TPSA) is 82.8 Å². The fraction of sp³-hybridized carbons (Fsp3) is 0.296. The molecule has 176 valence electrons. The SMILES string of the molecule is C=C(/C=C(OC)\C(CNCCC(N)=O)=C(/C)OC)OCc1cccc(-c2ccccc2)c1C. The Morgan fingerprint density at radius 3 is 2.45 bits per heavy atom. The lowest BCUT2D eigenvalue weighted by Gasteiger charge is -2.16. The van der Waals surface area contributed by atoms with Crippen LogP contribution < -0.4 is 11.1 Å². The number of hydrogen-bond donors (Lipinski definition) is 2. The number of carbonyl (C=O) groups is 1. The Kier molecular flexibility index (Phi) is 10.2. The number of nitrogens with two attached hydrogens (primary N) is 1. The van der Waals surface area contributed by atoms with Gasteiger partial charge in [-0.25, -0.2) is 0 Å². The molecule has 0 aliphatic rings. The van der Waals surface area contributed by atoms with E-state index in [-0.39, 0.29) is 12.3 Å². The predicted octanol–water partition coefficient (Wildman–Crippen LogP) is 4.61. The van der Waals surface area contributed by atoms with E-state index >= 15 is 0 Å². The van der Waals surface area contributed by atoms with Crippen LogP contribution in [0.25, 0.3) is 11.1 Å². The minimum atomic E-state index is -0.354. The summed E-state index contributed by atoms with van der Waals surface area (Å²) in [6, 6.07) is 16.5. The van der Waals surface area contributed by atoms with Crippen LogP contribution in [0.2, 0.25) is 0 Å². The average Bonchev–Trinajstić information content (AvgIpc) is 2.82. The number of primary amides is 1. The molecule has 0 aliphatic heterocycles. The molecule has 1 amide bonds. The summed E-state index contributed by atoms with van der Waals surface area (Å²) in [5.74, 6) is 1.37. The number of allylic oxidation sites excluding steroid dienone is 2. The van der Waals surface area contributed by atoms with Gasteiger partial charge in [0.2, 0.25) is 5.91 Å². The minimum Gasteiger partial charge on any atom is -0.501 e. The monoisotopic (exact) mass is 450 g/mol. The Labute approximate surface area is 196 Å². The highest BCUT2D eigenvalue weighted by molar-refractivity contribution is 5.73. The zero-order valence-corrected chi connectivity index (χ0v) is 19.9. The van der Waals surface area contributed by atoms with Gasteiger partial charge in [-0.1, -0.05) is 55.1 Å². The summed E-state index contributed by atoms with van der Waals surface area (Å²) in [6.07, 6.45) is 1.99. The lowest BCUT2D eigenvalue weighted by molar-refractivity contribution is -0.117. The molecule has 0 aliphatic carbocycles. The van der Waals surface area contributed by atoms with Crippen LogP contribution in [0.4, 0.5) is 0 Å². The maximum absolute atomic E-state index is 11.0. The fourth-order valence-electron chi connectivity index (χ4n) is 3.33. The summed E-state index contributed by atoms with van der Waals surface area (Å²) in [5.41, 5.74) is 10.6. The van der Waals surface area contributed by atoms with Gasteiger partial charge in [-0.15, -0.1) is 0 Å².